The molecular weight excluding hydrogens is 258 g/mol. The van der Waals surface area contributed by atoms with E-state index in [1.807, 2.05) is 6.08 Å². The molecule has 0 amide bonds. The fourth-order valence-corrected chi connectivity index (χ4v) is 1.95. The van der Waals surface area contributed by atoms with E-state index in [0.29, 0.717) is 0 Å². The Morgan fingerprint density at radius 2 is 2.40 bits per heavy atom. The lowest BCUT2D eigenvalue weighted by atomic mass is 10.1. The highest BCUT2D eigenvalue weighted by molar-refractivity contribution is 9.10. The summed E-state index contributed by atoms with van der Waals surface area (Å²) < 4.78 is 0.853. The molecule has 15 heavy (non-hydrogen) atoms. The molecule has 5 heteroatoms. The summed E-state index contributed by atoms with van der Waals surface area (Å²) in [7, 11) is 0. The minimum Gasteiger partial charge on any atom is -0.396 e. The maximum atomic E-state index is 8.99. The minimum atomic E-state index is 0.208. The molecule has 0 aliphatic heterocycles. The molecule has 0 aromatic carbocycles. The highest BCUT2D eigenvalue weighted by atomic mass is 79.9. The summed E-state index contributed by atoms with van der Waals surface area (Å²) in [6, 6.07) is 0.244. The number of hydrogen-bond donors (Lipinski definition) is 2. The van der Waals surface area contributed by atoms with Gasteiger partial charge in [0.05, 0.1) is 4.47 Å². The second-order valence-corrected chi connectivity index (χ2v) is 4.39. The Kier molecular flexibility index (Phi) is 3.33. The van der Waals surface area contributed by atoms with Crippen LogP contribution in [0.1, 0.15) is 6.42 Å². The zero-order valence-electron chi connectivity index (χ0n) is 8.10. The molecule has 1 aromatic heterocycles. The van der Waals surface area contributed by atoms with Crippen molar-refractivity contribution in [2.75, 3.05) is 11.9 Å². The Morgan fingerprint density at radius 1 is 1.53 bits per heavy atom. The molecule has 0 fully saturated rings. The summed E-state index contributed by atoms with van der Waals surface area (Å²) in [5.41, 5.74) is 0. The predicted octanol–water partition coefficient (Wildman–Crippen LogP) is 1.59. The van der Waals surface area contributed by atoms with Crippen LogP contribution in [0.4, 0.5) is 5.82 Å². The molecular formula is C10H12BrN3O. The van der Waals surface area contributed by atoms with E-state index in [4.69, 9.17) is 5.11 Å². The van der Waals surface area contributed by atoms with Gasteiger partial charge in [-0.1, -0.05) is 12.2 Å². The molecule has 0 saturated heterocycles. The lowest BCUT2D eigenvalue weighted by molar-refractivity contribution is 0.250. The number of nitrogens with zero attached hydrogens (tertiary/aromatic N) is 2. The van der Waals surface area contributed by atoms with Crippen molar-refractivity contribution in [2.45, 2.75) is 12.5 Å². The first-order chi connectivity index (χ1) is 7.29. The highest BCUT2D eigenvalue weighted by Crippen LogP contribution is 2.23. The third-order valence-electron chi connectivity index (χ3n) is 2.40. The minimum absolute atomic E-state index is 0.208. The molecule has 80 valence electrons. The Hall–Kier alpha value is -0.940. The van der Waals surface area contributed by atoms with E-state index in [1.54, 1.807) is 6.20 Å². The van der Waals surface area contributed by atoms with Gasteiger partial charge in [-0.25, -0.2) is 9.97 Å². The number of aliphatic hydroxyl groups is 1. The predicted molar refractivity (Wildman–Crippen MR) is 61.5 cm³/mol. The van der Waals surface area contributed by atoms with Crippen LogP contribution in [0.25, 0.3) is 0 Å². The first kappa shape index (κ1) is 10.6. The van der Waals surface area contributed by atoms with Gasteiger partial charge < -0.3 is 10.4 Å². The van der Waals surface area contributed by atoms with Crippen molar-refractivity contribution >= 4 is 21.7 Å². The van der Waals surface area contributed by atoms with Gasteiger partial charge in [0.15, 0.2) is 0 Å². The number of aliphatic hydroxyl groups excluding tert-OH is 1. The first-order valence-corrected chi connectivity index (χ1v) is 5.60. The van der Waals surface area contributed by atoms with Crippen molar-refractivity contribution in [3.8, 4) is 0 Å². The average Bonchev–Trinajstić information content (AvgIpc) is 2.69. The topological polar surface area (TPSA) is 58.0 Å². The second kappa shape index (κ2) is 4.72. The fraction of sp³-hybridized carbons (Fsp3) is 0.400. The monoisotopic (exact) mass is 269 g/mol. The number of rotatable bonds is 3. The van der Waals surface area contributed by atoms with E-state index in [0.717, 1.165) is 16.7 Å². The Balaban J connectivity index is 1.99. The molecule has 1 aliphatic rings. The van der Waals surface area contributed by atoms with Gasteiger partial charge in [0.25, 0.3) is 0 Å². The van der Waals surface area contributed by atoms with Crippen molar-refractivity contribution in [1.82, 2.24) is 9.97 Å². The van der Waals surface area contributed by atoms with Crippen LogP contribution in [0.5, 0.6) is 0 Å². The molecule has 2 rings (SSSR count). The Morgan fingerprint density at radius 3 is 3.07 bits per heavy atom. The molecule has 0 spiro atoms. The molecule has 2 N–H and O–H groups in total. The first-order valence-electron chi connectivity index (χ1n) is 4.81. The second-order valence-electron chi connectivity index (χ2n) is 3.53. The number of hydrogen-bond acceptors (Lipinski definition) is 4. The summed E-state index contributed by atoms with van der Waals surface area (Å²) in [5.74, 6) is 1.06. The van der Waals surface area contributed by atoms with Crippen LogP contribution in [0.2, 0.25) is 0 Å². The Bertz CT molecular complexity index is 369. The number of nitrogens with one attached hydrogen (secondary N) is 1. The SMILES string of the molecule is OC[C@H]1C=C[C@@H](Nc2ncncc2Br)C1. The van der Waals surface area contributed by atoms with E-state index in [2.05, 4.69) is 37.3 Å². The maximum Gasteiger partial charge on any atom is 0.144 e. The van der Waals surface area contributed by atoms with Crippen LogP contribution >= 0.6 is 15.9 Å². The smallest absolute Gasteiger partial charge is 0.144 e. The van der Waals surface area contributed by atoms with Crippen molar-refractivity contribution < 1.29 is 5.11 Å². The van der Waals surface area contributed by atoms with Gasteiger partial charge in [-0.05, 0) is 22.4 Å². The molecule has 1 heterocycles. The van der Waals surface area contributed by atoms with Crippen LogP contribution in [0.15, 0.2) is 29.1 Å². The number of halogens is 1. The molecule has 0 radical (unpaired) electrons. The van der Waals surface area contributed by atoms with E-state index in [1.165, 1.54) is 6.33 Å². The fourth-order valence-electron chi connectivity index (χ4n) is 1.61. The van der Waals surface area contributed by atoms with Crippen LogP contribution < -0.4 is 5.32 Å². The normalized spacial score (nSPS) is 24.4. The van der Waals surface area contributed by atoms with Crippen LogP contribution in [0, 0.1) is 5.92 Å². The van der Waals surface area contributed by atoms with Gasteiger partial charge in [0.1, 0.15) is 12.1 Å². The largest absolute Gasteiger partial charge is 0.396 e. The van der Waals surface area contributed by atoms with Gasteiger partial charge in [0, 0.05) is 24.8 Å². The molecule has 0 bridgehead atoms. The lowest BCUT2D eigenvalue weighted by Gasteiger charge is -2.13. The molecule has 0 saturated carbocycles. The zero-order valence-corrected chi connectivity index (χ0v) is 9.68. The van der Waals surface area contributed by atoms with Crippen LogP contribution in [0.3, 0.4) is 0 Å². The zero-order chi connectivity index (χ0) is 10.7. The molecule has 1 aromatic rings. The molecule has 2 atom stereocenters. The quantitative estimate of drug-likeness (QED) is 0.819. The maximum absolute atomic E-state index is 8.99. The van der Waals surface area contributed by atoms with Gasteiger partial charge in [-0.3, -0.25) is 0 Å². The number of anilines is 1. The molecule has 1 aliphatic carbocycles. The summed E-state index contributed by atoms with van der Waals surface area (Å²) >= 11 is 3.37. The molecule has 4 nitrogen and oxygen atoms in total. The molecule has 0 unspecified atom stereocenters. The van der Waals surface area contributed by atoms with Gasteiger partial charge in [-0.2, -0.15) is 0 Å². The third kappa shape index (κ3) is 2.54. The van der Waals surface area contributed by atoms with Gasteiger partial charge >= 0.3 is 0 Å². The van der Waals surface area contributed by atoms with Crippen molar-refractivity contribution in [3.63, 3.8) is 0 Å². The standard InChI is InChI=1S/C10H12BrN3O/c11-9-4-12-6-13-10(9)14-8-2-1-7(3-8)5-15/h1-2,4,6-8,15H,3,5H2,(H,12,13,14)/t7-,8+/m0/s1. The lowest BCUT2D eigenvalue weighted by Crippen LogP contribution is -2.17. The van der Waals surface area contributed by atoms with Gasteiger partial charge in [-0.15, -0.1) is 0 Å². The highest BCUT2D eigenvalue weighted by Gasteiger charge is 2.18. The summed E-state index contributed by atoms with van der Waals surface area (Å²) in [6.07, 6.45) is 8.22. The Labute approximate surface area is 96.6 Å². The van der Waals surface area contributed by atoms with Crippen LogP contribution in [-0.2, 0) is 0 Å². The number of aromatic nitrogens is 2. The summed E-state index contributed by atoms with van der Waals surface area (Å²) in [6.45, 7) is 0.208. The van der Waals surface area contributed by atoms with E-state index in [9.17, 15) is 0 Å². The van der Waals surface area contributed by atoms with Crippen molar-refractivity contribution in [3.05, 3.63) is 29.1 Å². The van der Waals surface area contributed by atoms with Crippen LogP contribution in [-0.4, -0.2) is 27.7 Å². The third-order valence-corrected chi connectivity index (χ3v) is 2.98. The van der Waals surface area contributed by atoms with E-state index >= 15 is 0 Å². The van der Waals surface area contributed by atoms with E-state index < -0.39 is 0 Å². The average molecular weight is 270 g/mol. The van der Waals surface area contributed by atoms with Crippen molar-refractivity contribution in [1.29, 1.82) is 0 Å². The summed E-state index contributed by atoms with van der Waals surface area (Å²) in [4.78, 5) is 8.02. The summed E-state index contributed by atoms with van der Waals surface area (Å²) in [5, 5.41) is 12.3. The van der Waals surface area contributed by atoms with Crippen molar-refractivity contribution in [2.24, 2.45) is 5.92 Å². The van der Waals surface area contributed by atoms with Gasteiger partial charge in [0.2, 0.25) is 0 Å². The van der Waals surface area contributed by atoms with E-state index in [-0.39, 0.29) is 18.6 Å².